The van der Waals surface area contributed by atoms with E-state index in [1.807, 2.05) is 37.3 Å². The third-order valence-corrected chi connectivity index (χ3v) is 5.64. The number of rotatable bonds is 7. The van der Waals surface area contributed by atoms with Gasteiger partial charge in [0.2, 0.25) is 0 Å². The van der Waals surface area contributed by atoms with Gasteiger partial charge in [-0.05, 0) is 43.3 Å². The molecule has 1 heterocycles. The lowest BCUT2D eigenvalue weighted by molar-refractivity contribution is 0.0996. The first-order valence-corrected chi connectivity index (χ1v) is 10.8. The van der Waals surface area contributed by atoms with Gasteiger partial charge in [-0.3, -0.25) is 4.79 Å². The Morgan fingerprint density at radius 1 is 1.03 bits per heavy atom. The van der Waals surface area contributed by atoms with Crippen LogP contribution in [0.2, 0.25) is 0 Å². The van der Waals surface area contributed by atoms with E-state index < -0.39 is 17.5 Å². The van der Waals surface area contributed by atoms with Gasteiger partial charge in [0.05, 0.1) is 16.8 Å². The highest BCUT2D eigenvalue weighted by Gasteiger charge is 2.15. The second-order valence-electron chi connectivity index (χ2n) is 6.83. The Kier molecular flexibility index (Phi) is 6.72. The number of thiazole rings is 1. The van der Waals surface area contributed by atoms with Crippen LogP contribution in [0.1, 0.15) is 17.3 Å². The first-order chi connectivity index (χ1) is 15.5. The van der Waals surface area contributed by atoms with Crippen molar-refractivity contribution in [1.82, 2.24) is 4.57 Å². The molecule has 8 heteroatoms. The Hall–Kier alpha value is -3.36. The van der Waals surface area contributed by atoms with Gasteiger partial charge in [0.15, 0.2) is 10.6 Å². The third kappa shape index (κ3) is 4.92. The van der Waals surface area contributed by atoms with Crippen molar-refractivity contribution in [2.45, 2.75) is 13.5 Å². The van der Waals surface area contributed by atoms with Crippen LogP contribution in [0.4, 0.5) is 8.78 Å². The second kappa shape index (κ2) is 9.84. The van der Waals surface area contributed by atoms with Crippen molar-refractivity contribution in [3.05, 3.63) is 88.7 Å². The number of nitrogens with zero attached hydrogens (tertiary/aromatic N) is 2. The number of carbonyl (C=O) groups is 1. The molecule has 0 unspecified atom stereocenters. The average molecular weight is 454 g/mol. The van der Waals surface area contributed by atoms with Crippen LogP contribution in [0.25, 0.3) is 10.2 Å². The molecule has 0 bridgehead atoms. The van der Waals surface area contributed by atoms with Crippen molar-refractivity contribution >= 4 is 27.5 Å². The minimum atomic E-state index is -0.708. The van der Waals surface area contributed by atoms with Gasteiger partial charge in [0, 0.05) is 24.8 Å². The van der Waals surface area contributed by atoms with Crippen molar-refractivity contribution in [2.75, 3.05) is 13.2 Å². The number of ether oxygens (including phenoxy) is 2. The molecule has 0 aliphatic rings. The highest BCUT2D eigenvalue weighted by atomic mass is 32.1. The maximum absolute atomic E-state index is 14.5. The summed E-state index contributed by atoms with van der Waals surface area (Å²) in [5, 5.41) is 0. The minimum Gasteiger partial charge on any atom is -0.457 e. The zero-order valence-electron chi connectivity index (χ0n) is 17.3. The van der Waals surface area contributed by atoms with E-state index in [2.05, 4.69) is 4.99 Å². The van der Waals surface area contributed by atoms with Crippen LogP contribution in [0.15, 0.2) is 71.7 Å². The number of benzene rings is 3. The lowest BCUT2D eigenvalue weighted by Gasteiger charge is -2.07. The molecule has 0 saturated heterocycles. The fourth-order valence-corrected chi connectivity index (χ4v) is 4.28. The normalized spacial score (nSPS) is 11.8. The predicted octanol–water partition coefficient (Wildman–Crippen LogP) is 5.55. The molecule has 1 amide bonds. The summed E-state index contributed by atoms with van der Waals surface area (Å²) in [5.41, 5.74) is 0.516. The summed E-state index contributed by atoms with van der Waals surface area (Å²) in [4.78, 5) is 17.4. The number of amides is 1. The Balaban J connectivity index is 1.70. The van der Waals surface area contributed by atoms with E-state index >= 15 is 0 Å². The molecule has 0 aliphatic carbocycles. The van der Waals surface area contributed by atoms with Gasteiger partial charge >= 0.3 is 0 Å². The third-order valence-electron chi connectivity index (χ3n) is 4.62. The zero-order chi connectivity index (χ0) is 22.5. The van der Waals surface area contributed by atoms with E-state index in [1.165, 1.54) is 6.07 Å². The van der Waals surface area contributed by atoms with Crippen molar-refractivity contribution in [3.63, 3.8) is 0 Å². The number of fused-ring (bicyclic) bond motifs is 1. The first kappa shape index (κ1) is 21.9. The fraction of sp³-hybridized carbons (Fsp3) is 0.167. The molecule has 1 aromatic heterocycles. The van der Waals surface area contributed by atoms with Gasteiger partial charge in [-0.25, -0.2) is 8.78 Å². The summed E-state index contributed by atoms with van der Waals surface area (Å²) in [6.07, 6.45) is 0. The van der Waals surface area contributed by atoms with Crippen molar-refractivity contribution in [1.29, 1.82) is 0 Å². The molecule has 0 spiro atoms. The molecule has 0 N–H and O–H groups in total. The van der Waals surface area contributed by atoms with Gasteiger partial charge in [-0.15, -0.1) is 0 Å². The lowest BCUT2D eigenvalue weighted by atomic mass is 10.2. The maximum atomic E-state index is 14.5. The largest absolute Gasteiger partial charge is 0.457 e. The van der Waals surface area contributed by atoms with Crippen LogP contribution in [-0.4, -0.2) is 23.7 Å². The molecule has 32 heavy (non-hydrogen) atoms. The van der Waals surface area contributed by atoms with E-state index in [9.17, 15) is 13.6 Å². The number of hydrogen-bond acceptors (Lipinski definition) is 4. The number of halogens is 2. The average Bonchev–Trinajstić information content (AvgIpc) is 3.12. The topological polar surface area (TPSA) is 52.8 Å². The number of carbonyl (C=O) groups excluding carboxylic acids is 1. The number of para-hydroxylation sites is 1. The smallest absolute Gasteiger partial charge is 0.279 e. The molecular weight excluding hydrogens is 434 g/mol. The van der Waals surface area contributed by atoms with Gasteiger partial charge in [0.25, 0.3) is 5.91 Å². The Bertz CT molecular complexity index is 1320. The van der Waals surface area contributed by atoms with E-state index in [0.717, 1.165) is 17.4 Å². The molecule has 0 radical (unpaired) electrons. The van der Waals surface area contributed by atoms with Crippen molar-refractivity contribution in [3.8, 4) is 11.5 Å². The van der Waals surface area contributed by atoms with Crippen LogP contribution in [0.5, 0.6) is 11.5 Å². The summed E-state index contributed by atoms with van der Waals surface area (Å²) in [5.74, 6) is -0.770. The summed E-state index contributed by atoms with van der Waals surface area (Å²) in [6.45, 7) is 2.94. The van der Waals surface area contributed by atoms with Crippen molar-refractivity contribution < 1.29 is 23.0 Å². The first-order valence-electron chi connectivity index (χ1n) is 10.0. The van der Waals surface area contributed by atoms with Crippen LogP contribution in [-0.2, 0) is 11.3 Å². The molecule has 5 nitrogen and oxygen atoms in total. The van der Waals surface area contributed by atoms with Crippen LogP contribution in [0, 0.1) is 11.6 Å². The van der Waals surface area contributed by atoms with Crippen LogP contribution in [0.3, 0.4) is 0 Å². The summed E-state index contributed by atoms with van der Waals surface area (Å²) in [7, 11) is 0. The van der Waals surface area contributed by atoms with Crippen LogP contribution < -0.4 is 9.54 Å². The molecule has 0 atom stereocenters. The number of hydrogen-bond donors (Lipinski definition) is 0. The predicted molar refractivity (Wildman–Crippen MR) is 119 cm³/mol. The molecule has 0 saturated carbocycles. The summed E-state index contributed by atoms with van der Waals surface area (Å²) >= 11 is 1.05. The maximum Gasteiger partial charge on any atom is 0.279 e. The van der Waals surface area contributed by atoms with E-state index in [0.29, 0.717) is 35.0 Å². The van der Waals surface area contributed by atoms with E-state index in [-0.39, 0.29) is 16.9 Å². The minimum absolute atomic E-state index is 0.198. The zero-order valence-corrected chi connectivity index (χ0v) is 18.1. The summed E-state index contributed by atoms with van der Waals surface area (Å²) < 4.78 is 41.3. The van der Waals surface area contributed by atoms with E-state index in [1.54, 1.807) is 28.8 Å². The SMILES string of the molecule is CCOCCn1c(=NC(=O)c2cccc(Oc3ccccc3)c2)sc2cc(F)cc(F)c21. The quantitative estimate of drug-likeness (QED) is 0.344. The second-order valence-corrected chi connectivity index (χ2v) is 7.84. The Labute approximate surface area is 187 Å². The number of aromatic nitrogens is 1. The monoisotopic (exact) mass is 454 g/mol. The van der Waals surface area contributed by atoms with E-state index in [4.69, 9.17) is 9.47 Å². The molecule has 4 aromatic rings. The van der Waals surface area contributed by atoms with Gasteiger partial charge < -0.3 is 14.0 Å². The van der Waals surface area contributed by atoms with Crippen LogP contribution >= 0.6 is 11.3 Å². The standard InChI is InChI=1S/C24H20F2N2O3S/c1-2-30-12-11-28-22-20(26)14-17(25)15-21(22)32-24(28)27-23(29)16-7-6-10-19(13-16)31-18-8-4-3-5-9-18/h3-10,13-15H,2,11-12H2,1H3. The Morgan fingerprint density at radius 3 is 2.59 bits per heavy atom. The highest BCUT2D eigenvalue weighted by Crippen LogP contribution is 2.24. The van der Waals surface area contributed by atoms with Crippen molar-refractivity contribution in [2.24, 2.45) is 4.99 Å². The molecule has 164 valence electrons. The van der Waals surface area contributed by atoms with Gasteiger partial charge in [-0.2, -0.15) is 4.99 Å². The Morgan fingerprint density at radius 2 is 1.81 bits per heavy atom. The lowest BCUT2D eigenvalue weighted by Crippen LogP contribution is -2.20. The molecule has 0 aliphatic heterocycles. The summed E-state index contributed by atoms with van der Waals surface area (Å²) in [6, 6.07) is 17.9. The fourth-order valence-electron chi connectivity index (χ4n) is 3.19. The molecule has 3 aromatic carbocycles. The highest BCUT2D eigenvalue weighted by molar-refractivity contribution is 7.16. The molecule has 4 rings (SSSR count). The molecule has 0 fully saturated rings. The molecular formula is C24H20F2N2O3S. The van der Waals surface area contributed by atoms with Gasteiger partial charge in [-0.1, -0.05) is 35.6 Å². The van der Waals surface area contributed by atoms with Gasteiger partial charge in [0.1, 0.15) is 17.3 Å².